The lowest BCUT2D eigenvalue weighted by atomic mass is 10.2. The van der Waals surface area contributed by atoms with Crippen molar-refractivity contribution in [2.24, 2.45) is 0 Å². The first kappa shape index (κ1) is 17.4. The van der Waals surface area contributed by atoms with Crippen molar-refractivity contribution in [3.05, 3.63) is 23.5 Å². The Labute approximate surface area is 127 Å². The Bertz CT molecular complexity index is 445. The van der Waals surface area contributed by atoms with E-state index in [1.807, 2.05) is 32.9 Å². The smallest absolute Gasteiger partial charge is 0.260 e. The number of aromatic nitrogens is 1. The predicted molar refractivity (Wildman–Crippen MR) is 84.4 cm³/mol. The summed E-state index contributed by atoms with van der Waals surface area (Å²) in [4.78, 5) is 18.2. The molecule has 118 valence electrons. The number of pyridine rings is 1. The van der Waals surface area contributed by atoms with Gasteiger partial charge in [-0.05, 0) is 45.9 Å². The van der Waals surface area contributed by atoms with E-state index in [4.69, 9.17) is 4.74 Å². The summed E-state index contributed by atoms with van der Waals surface area (Å²) >= 11 is 0. The molecular formula is C16H27N3O2. The number of nitrogens with one attached hydrogen (secondary N) is 1. The van der Waals surface area contributed by atoms with E-state index < -0.39 is 0 Å². The first-order valence-corrected chi connectivity index (χ1v) is 7.70. The molecule has 1 aromatic rings. The van der Waals surface area contributed by atoms with Gasteiger partial charge in [-0.3, -0.25) is 9.78 Å². The number of nitrogens with zero attached hydrogens (tertiary/aromatic N) is 2. The normalized spacial score (nSPS) is 10.5. The van der Waals surface area contributed by atoms with Crippen LogP contribution >= 0.6 is 0 Å². The molecular weight excluding hydrogens is 266 g/mol. The number of amides is 1. The lowest BCUT2D eigenvalue weighted by Gasteiger charge is -2.19. The minimum Gasteiger partial charge on any atom is -0.482 e. The van der Waals surface area contributed by atoms with Crippen LogP contribution < -0.4 is 10.1 Å². The second kappa shape index (κ2) is 9.34. The van der Waals surface area contributed by atoms with Gasteiger partial charge in [0.15, 0.2) is 6.61 Å². The topological polar surface area (TPSA) is 54.5 Å². The molecule has 1 aromatic heterocycles. The first-order valence-electron chi connectivity index (χ1n) is 7.70. The standard InChI is InChI=1S/C16H27N3O2/c1-5-10-17-11-14-15(9-8-13(4)18-14)21-12-16(20)19(6-2)7-3/h8-9,17H,5-7,10-12H2,1-4H3. The van der Waals surface area contributed by atoms with Crippen LogP contribution in [0, 0.1) is 6.92 Å². The summed E-state index contributed by atoms with van der Waals surface area (Å²) in [5.74, 6) is 0.692. The van der Waals surface area contributed by atoms with E-state index in [2.05, 4.69) is 17.2 Å². The minimum absolute atomic E-state index is 0.00745. The molecule has 0 unspecified atom stereocenters. The Hall–Kier alpha value is -1.62. The van der Waals surface area contributed by atoms with Gasteiger partial charge in [0.25, 0.3) is 5.91 Å². The molecule has 0 aromatic carbocycles. The Balaban J connectivity index is 2.66. The van der Waals surface area contributed by atoms with Crippen LogP contribution in [0.4, 0.5) is 0 Å². The average molecular weight is 293 g/mol. The molecule has 0 fully saturated rings. The minimum atomic E-state index is 0.00745. The van der Waals surface area contributed by atoms with Crippen LogP contribution in [0.2, 0.25) is 0 Å². The SMILES string of the molecule is CCCNCc1nc(C)ccc1OCC(=O)N(CC)CC. The maximum absolute atomic E-state index is 12.0. The molecule has 0 saturated carbocycles. The van der Waals surface area contributed by atoms with Crippen molar-refractivity contribution in [2.75, 3.05) is 26.2 Å². The van der Waals surface area contributed by atoms with Crippen molar-refractivity contribution < 1.29 is 9.53 Å². The van der Waals surface area contributed by atoms with Crippen molar-refractivity contribution in [3.63, 3.8) is 0 Å². The average Bonchev–Trinajstić information content (AvgIpc) is 2.48. The highest BCUT2D eigenvalue weighted by molar-refractivity contribution is 5.77. The number of carbonyl (C=O) groups excluding carboxylic acids is 1. The van der Waals surface area contributed by atoms with Gasteiger partial charge in [0.1, 0.15) is 5.75 Å². The molecule has 0 aliphatic rings. The maximum Gasteiger partial charge on any atom is 0.260 e. The third-order valence-corrected chi connectivity index (χ3v) is 3.26. The van der Waals surface area contributed by atoms with Crippen molar-refractivity contribution in [1.29, 1.82) is 0 Å². The zero-order valence-electron chi connectivity index (χ0n) is 13.6. The monoisotopic (exact) mass is 293 g/mol. The molecule has 21 heavy (non-hydrogen) atoms. The van der Waals surface area contributed by atoms with Crippen molar-refractivity contribution in [2.45, 2.75) is 40.7 Å². The van der Waals surface area contributed by atoms with E-state index in [-0.39, 0.29) is 12.5 Å². The number of rotatable bonds is 9. The van der Waals surface area contributed by atoms with Gasteiger partial charge in [0.05, 0.1) is 5.69 Å². The van der Waals surface area contributed by atoms with E-state index in [1.54, 1.807) is 4.90 Å². The fourth-order valence-corrected chi connectivity index (χ4v) is 2.05. The summed E-state index contributed by atoms with van der Waals surface area (Å²) in [5.41, 5.74) is 1.81. The summed E-state index contributed by atoms with van der Waals surface area (Å²) in [7, 11) is 0. The van der Waals surface area contributed by atoms with Crippen LogP contribution in [0.5, 0.6) is 5.75 Å². The number of aryl methyl sites for hydroxylation is 1. The number of carbonyl (C=O) groups is 1. The number of likely N-dealkylation sites (N-methyl/N-ethyl adjacent to an activating group) is 1. The van der Waals surface area contributed by atoms with E-state index in [9.17, 15) is 4.79 Å². The molecule has 1 heterocycles. The lowest BCUT2D eigenvalue weighted by Crippen LogP contribution is -2.34. The molecule has 1 N–H and O–H groups in total. The molecule has 0 aliphatic carbocycles. The second-order valence-corrected chi connectivity index (χ2v) is 4.93. The molecule has 0 spiro atoms. The van der Waals surface area contributed by atoms with Crippen LogP contribution in [-0.2, 0) is 11.3 Å². The highest BCUT2D eigenvalue weighted by atomic mass is 16.5. The van der Waals surface area contributed by atoms with Crippen LogP contribution in [0.3, 0.4) is 0 Å². The van der Waals surface area contributed by atoms with Crippen molar-refractivity contribution in [1.82, 2.24) is 15.2 Å². The summed E-state index contributed by atoms with van der Waals surface area (Å²) in [6, 6.07) is 3.79. The van der Waals surface area contributed by atoms with Gasteiger partial charge in [-0.15, -0.1) is 0 Å². The molecule has 5 nitrogen and oxygen atoms in total. The zero-order chi connectivity index (χ0) is 15.7. The quantitative estimate of drug-likeness (QED) is 0.709. The van der Waals surface area contributed by atoms with Crippen LogP contribution in [0.1, 0.15) is 38.6 Å². The van der Waals surface area contributed by atoms with Crippen LogP contribution in [0.25, 0.3) is 0 Å². The van der Waals surface area contributed by atoms with Crippen LogP contribution in [0.15, 0.2) is 12.1 Å². The highest BCUT2D eigenvalue weighted by Gasteiger charge is 2.12. The molecule has 0 saturated heterocycles. The van der Waals surface area contributed by atoms with Crippen molar-refractivity contribution >= 4 is 5.91 Å². The molecule has 1 amide bonds. The number of hydrogen-bond acceptors (Lipinski definition) is 4. The molecule has 1 rings (SSSR count). The van der Waals surface area contributed by atoms with Gasteiger partial charge in [-0.25, -0.2) is 0 Å². The summed E-state index contributed by atoms with van der Waals surface area (Å²) < 4.78 is 5.68. The predicted octanol–water partition coefficient (Wildman–Crippen LogP) is 2.14. The summed E-state index contributed by atoms with van der Waals surface area (Å²) in [6.45, 7) is 11.1. The first-order chi connectivity index (χ1) is 10.1. The van der Waals surface area contributed by atoms with Gasteiger partial charge in [0.2, 0.25) is 0 Å². The largest absolute Gasteiger partial charge is 0.482 e. The fourth-order valence-electron chi connectivity index (χ4n) is 2.05. The number of hydrogen-bond donors (Lipinski definition) is 1. The van der Waals surface area contributed by atoms with Gasteiger partial charge in [-0.2, -0.15) is 0 Å². The molecule has 5 heteroatoms. The van der Waals surface area contributed by atoms with E-state index in [0.29, 0.717) is 25.4 Å². The van der Waals surface area contributed by atoms with Crippen LogP contribution in [-0.4, -0.2) is 42.0 Å². The summed E-state index contributed by atoms with van der Waals surface area (Å²) in [6.07, 6.45) is 1.07. The Morgan fingerprint density at radius 3 is 2.62 bits per heavy atom. The highest BCUT2D eigenvalue weighted by Crippen LogP contribution is 2.17. The third-order valence-electron chi connectivity index (χ3n) is 3.26. The van der Waals surface area contributed by atoms with E-state index in [1.165, 1.54) is 0 Å². The van der Waals surface area contributed by atoms with Gasteiger partial charge >= 0.3 is 0 Å². The molecule has 0 radical (unpaired) electrons. The second-order valence-electron chi connectivity index (χ2n) is 4.93. The third kappa shape index (κ3) is 5.71. The fraction of sp³-hybridized carbons (Fsp3) is 0.625. The molecule has 0 atom stereocenters. The Morgan fingerprint density at radius 2 is 2.00 bits per heavy atom. The summed E-state index contributed by atoms with van der Waals surface area (Å²) in [5, 5.41) is 3.31. The lowest BCUT2D eigenvalue weighted by molar-refractivity contribution is -0.132. The van der Waals surface area contributed by atoms with Gasteiger partial charge in [-0.1, -0.05) is 6.92 Å². The van der Waals surface area contributed by atoms with Gasteiger partial charge in [0, 0.05) is 25.3 Å². The zero-order valence-corrected chi connectivity index (χ0v) is 13.6. The van der Waals surface area contributed by atoms with E-state index in [0.717, 1.165) is 24.4 Å². The maximum atomic E-state index is 12.0. The van der Waals surface area contributed by atoms with Crippen molar-refractivity contribution in [3.8, 4) is 5.75 Å². The molecule has 0 bridgehead atoms. The molecule has 0 aliphatic heterocycles. The Kier molecular flexibility index (Phi) is 7.75. The Morgan fingerprint density at radius 1 is 1.29 bits per heavy atom. The van der Waals surface area contributed by atoms with E-state index >= 15 is 0 Å². The number of ether oxygens (including phenoxy) is 1. The van der Waals surface area contributed by atoms with Gasteiger partial charge < -0.3 is 15.0 Å².